The van der Waals surface area contributed by atoms with Crippen LogP contribution in [0.25, 0.3) is 0 Å². The zero-order valence-electron chi connectivity index (χ0n) is 16.1. The first-order valence-electron chi connectivity index (χ1n) is 9.43. The normalized spacial score (nSPS) is 31.1. The topological polar surface area (TPSA) is 0 Å². The van der Waals surface area contributed by atoms with Crippen LogP contribution in [0, 0.1) is 35.5 Å². The molecule has 4 unspecified atom stereocenters. The molecule has 1 heteroatoms. The summed E-state index contributed by atoms with van der Waals surface area (Å²) in [5.41, 5.74) is 0. The molecule has 130 valence electrons. The minimum absolute atomic E-state index is 0. The van der Waals surface area contributed by atoms with Crippen LogP contribution in [0.2, 0.25) is 0 Å². The van der Waals surface area contributed by atoms with E-state index in [9.17, 15) is 0 Å². The molecule has 0 nitrogen and oxygen atoms in total. The van der Waals surface area contributed by atoms with E-state index in [2.05, 4.69) is 41.5 Å². The Kier molecular flexibility index (Phi) is 14.7. The molecule has 0 heterocycles. The first-order chi connectivity index (χ1) is 9.43. The van der Waals surface area contributed by atoms with Crippen LogP contribution in [0.15, 0.2) is 0 Å². The van der Waals surface area contributed by atoms with Crippen molar-refractivity contribution in [2.45, 2.75) is 93.9 Å². The molecule has 0 aliphatic heterocycles. The van der Waals surface area contributed by atoms with Gasteiger partial charge in [0.25, 0.3) is 0 Å². The second kappa shape index (κ2) is 13.0. The molecule has 2 aliphatic rings. The van der Waals surface area contributed by atoms with Gasteiger partial charge in [-0.1, -0.05) is 81.1 Å². The fourth-order valence-corrected chi connectivity index (χ4v) is 4.33. The molecule has 2 fully saturated rings. The van der Waals surface area contributed by atoms with Crippen molar-refractivity contribution in [1.29, 1.82) is 0 Å². The van der Waals surface area contributed by atoms with Crippen molar-refractivity contribution in [2.24, 2.45) is 35.5 Å². The fourth-order valence-electron chi connectivity index (χ4n) is 4.33. The van der Waals surface area contributed by atoms with Crippen LogP contribution in [-0.4, -0.2) is 0 Å². The van der Waals surface area contributed by atoms with Gasteiger partial charge < -0.3 is 0 Å². The minimum Gasteiger partial charge on any atom is -0.0683 e. The van der Waals surface area contributed by atoms with Crippen LogP contribution in [0.4, 0.5) is 0 Å². The Morgan fingerprint density at radius 3 is 1.00 bits per heavy atom. The van der Waals surface area contributed by atoms with Crippen LogP contribution in [0.1, 0.15) is 93.9 Å². The summed E-state index contributed by atoms with van der Waals surface area (Å²) in [6, 6.07) is 0. The molecule has 21 heavy (non-hydrogen) atoms. The van der Waals surface area contributed by atoms with E-state index in [0.29, 0.717) is 0 Å². The number of rotatable bonds is 2. The second-order valence-electron chi connectivity index (χ2n) is 7.63. The Labute approximate surface area is 146 Å². The maximum absolute atomic E-state index is 2.40. The van der Waals surface area contributed by atoms with Crippen molar-refractivity contribution >= 4 is 0 Å². The molecule has 0 spiro atoms. The van der Waals surface area contributed by atoms with Crippen LogP contribution in [-0.2, 0) is 17.1 Å². The molecule has 4 atom stereocenters. The van der Waals surface area contributed by atoms with Crippen molar-refractivity contribution in [3.05, 3.63) is 0 Å². The summed E-state index contributed by atoms with van der Waals surface area (Å²) in [5.74, 6) is 5.91. The molecule has 0 bridgehead atoms. The van der Waals surface area contributed by atoms with Gasteiger partial charge in [0.1, 0.15) is 0 Å². The Hall–Kier alpha value is 0.519. The molecular formula is C20H42Fe. The van der Waals surface area contributed by atoms with Gasteiger partial charge in [0.05, 0.1) is 0 Å². The average Bonchev–Trinajstić information content (AvgIpc) is 3.01. The van der Waals surface area contributed by atoms with Gasteiger partial charge in [0.15, 0.2) is 0 Å². The summed E-state index contributed by atoms with van der Waals surface area (Å²) in [5, 5.41) is 0. The summed E-state index contributed by atoms with van der Waals surface area (Å²) in [7, 11) is 0. The fraction of sp³-hybridized carbons (Fsp3) is 1.00. The summed E-state index contributed by atoms with van der Waals surface area (Å²) in [6.07, 6.45) is 8.87. The third-order valence-electron chi connectivity index (χ3n) is 5.57. The maximum Gasteiger partial charge on any atom is 0 e. The van der Waals surface area contributed by atoms with Gasteiger partial charge >= 0.3 is 0 Å². The molecule has 0 aromatic carbocycles. The summed E-state index contributed by atoms with van der Waals surface area (Å²) in [4.78, 5) is 0. The van der Waals surface area contributed by atoms with Crippen molar-refractivity contribution in [3.8, 4) is 0 Å². The number of hydrogen-bond donors (Lipinski definition) is 0. The predicted molar refractivity (Wildman–Crippen MR) is 94.0 cm³/mol. The van der Waals surface area contributed by atoms with Crippen LogP contribution >= 0.6 is 0 Å². The second-order valence-corrected chi connectivity index (χ2v) is 7.63. The van der Waals surface area contributed by atoms with Crippen molar-refractivity contribution in [3.63, 3.8) is 0 Å². The van der Waals surface area contributed by atoms with Gasteiger partial charge in [-0.2, -0.15) is 0 Å². The quantitative estimate of drug-likeness (QED) is 0.468. The van der Waals surface area contributed by atoms with Crippen LogP contribution in [0.3, 0.4) is 0 Å². The third kappa shape index (κ3) is 8.65. The molecule has 0 amide bonds. The molecule has 2 aliphatic carbocycles. The summed E-state index contributed by atoms with van der Waals surface area (Å²) >= 11 is 0. The molecular weight excluding hydrogens is 296 g/mol. The van der Waals surface area contributed by atoms with Gasteiger partial charge in [0, 0.05) is 17.1 Å². The van der Waals surface area contributed by atoms with Crippen molar-refractivity contribution in [2.75, 3.05) is 0 Å². The summed E-state index contributed by atoms with van der Waals surface area (Å²) < 4.78 is 0. The first-order valence-corrected chi connectivity index (χ1v) is 9.43. The van der Waals surface area contributed by atoms with Gasteiger partial charge in [-0.15, -0.1) is 0 Å². The van der Waals surface area contributed by atoms with Gasteiger partial charge in [0.2, 0.25) is 0 Å². The maximum atomic E-state index is 2.40. The minimum atomic E-state index is 0. The van der Waals surface area contributed by atoms with Gasteiger partial charge in [-0.25, -0.2) is 0 Å². The zero-order chi connectivity index (χ0) is 15.7. The Balaban J connectivity index is 0. The van der Waals surface area contributed by atoms with Crippen LogP contribution < -0.4 is 0 Å². The molecule has 0 aromatic heterocycles. The van der Waals surface area contributed by atoms with E-state index in [1.807, 2.05) is 13.8 Å². The van der Waals surface area contributed by atoms with E-state index in [1.165, 1.54) is 38.5 Å². The van der Waals surface area contributed by atoms with Crippen LogP contribution in [0.5, 0.6) is 0 Å². The molecule has 2 rings (SSSR count). The van der Waals surface area contributed by atoms with Gasteiger partial charge in [-0.05, 0) is 48.3 Å². The monoisotopic (exact) mass is 338 g/mol. The smallest absolute Gasteiger partial charge is 0 e. The van der Waals surface area contributed by atoms with E-state index in [0.717, 1.165) is 35.5 Å². The van der Waals surface area contributed by atoms with Gasteiger partial charge in [-0.3, -0.25) is 0 Å². The Morgan fingerprint density at radius 2 is 0.905 bits per heavy atom. The third-order valence-corrected chi connectivity index (χ3v) is 5.57. The standard InChI is InChI=1S/2C9H18.C2H6.Fe/c2*1-7(2)9-6-4-5-8(9)3;1-2;/h2*7-9H,4-6H2,1-3H3;1-2H3;. The molecule has 2 saturated carbocycles. The van der Waals surface area contributed by atoms with E-state index in [4.69, 9.17) is 0 Å². The zero-order valence-corrected chi connectivity index (χ0v) is 17.2. The average molecular weight is 338 g/mol. The summed E-state index contributed by atoms with van der Waals surface area (Å²) in [6.45, 7) is 18.2. The number of hydrogen-bond acceptors (Lipinski definition) is 0. The van der Waals surface area contributed by atoms with E-state index >= 15 is 0 Å². The first kappa shape index (κ1) is 23.8. The van der Waals surface area contributed by atoms with Crippen molar-refractivity contribution < 1.29 is 17.1 Å². The van der Waals surface area contributed by atoms with E-state index in [1.54, 1.807) is 0 Å². The molecule has 0 radical (unpaired) electrons. The predicted octanol–water partition coefficient (Wildman–Crippen LogP) is 7.18. The largest absolute Gasteiger partial charge is 0.0683 e. The molecule has 0 N–H and O–H groups in total. The Bertz CT molecular complexity index is 198. The molecule has 0 aromatic rings. The van der Waals surface area contributed by atoms with E-state index < -0.39 is 0 Å². The van der Waals surface area contributed by atoms with E-state index in [-0.39, 0.29) is 17.1 Å². The SMILES string of the molecule is CC.CC(C)C1CCCC1C.CC(C)C1CCCC1C.[Fe]. The van der Waals surface area contributed by atoms with Crippen molar-refractivity contribution in [1.82, 2.24) is 0 Å². The Morgan fingerprint density at radius 1 is 0.619 bits per heavy atom. The molecule has 0 saturated heterocycles.